The number of hydrogen-bond acceptors (Lipinski definition) is 5. The van der Waals surface area contributed by atoms with Gasteiger partial charge in [-0.1, -0.05) is 36.4 Å². The van der Waals surface area contributed by atoms with Gasteiger partial charge in [0.25, 0.3) is 5.91 Å². The van der Waals surface area contributed by atoms with Crippen molar-refractivity contribution in [2.45, 2.75) is 18.8 Å². The number of carbonyl (C=O) groups is 1. The van der Waals surface area contributed by atoms with E-state index in [1.165, 1.54) is 0 Å². The van der Waals surface area contributed by atoms with E-state index in [9.17, 15) is 4.79 Å². The van der Waals surface area contributed by atoms with Crippen LogP contribution in [-0.2, 0) is 16.1 Å². The number of hydrogen-bond donors (Lipinski definition) is 0. The Balaban J connectivity index is 1.63. The molecule has 0 aliphatic carbocycles. The summed E-state index contributed by atoms with van der Waals surface area (Å²) in [5, 5.41) is 0.882. The van der Waals surface area contributed by atoms with Crippen molar-refractivity contribution in [2.24, 2.45) is 0 Å². The molecule has 4 rings (SSSR count). The number of fused-ring (bicyclic) bond motifs is 1. The minimum absolute atomic E-state index is 0.151. The Labute approximate surface area is 163 Å². The number of benzene rings is 2. The van der Waals surface area contributed by atoms with E-state index < -0.39 is 0 Å². The molecule has 1 amide bonds. The molecule has 6 heteroatoms. The van der Waals surface area contributed by atoms with Gasteiger partial charge in [0, 0.05) is 38.3 Å². The SMILES string of the molecule is CO[C@H]1CN(C(=O)c2oc3ccccc3c2COc2ccccc2)C[C@H]1OC. The van der Waals surface area contributed by atoms with E-state index in [-0.39, 0.29) is 24.7 Å². The summed E-state index contributed by atoms with van der Waals surface area (Å²) < 4.78 is 22.8. The van der Waals surface area contributed by atoms with Crippen molar-refractivity contribution >= 4 is 16.9 Å². The minimum atomic E-state index is -0.176. The topological polar surface area (TPSA) is 61.1 Å². The van der Waals surface area contributed by atoms with Gasteiger partial charge in [0.05, 0.1) is 0 Å². The van der Waals surface area contributed by atoms with Gasteiger partial charge in [-0.05, 0) is 18.2 Å². The van der Waals surface area contributed by atoms with E-state index in [1.807, 2.05) is 54.6 Å². The van der Waals surface area contributed by atoms with E-state index in [2.05, 4.69) is 0 Å². The van der Waals surface area contributed by atoms with Crippen LogP contribution in [0.1, 0.15) is 16.1 Å². The number of methoxy groups -OCH3 is 2. The maximum atomic E-state index is 13.2. The summed E-state index contributed by atoms with van der Waals surface area (Å²) >= 11 is 0. The van der Waals surface area contributed by atoms with Gasteiger partial charge < -0.3 is 23.5 Å². The molecule has 0 radical (unpaired) electrons. The van der Waals surface area contributed by atoms with E-state index in [1.54, 1.807) is 19.1 Å². The number of ether oxygens (including phenoxy) is 3. The van der Waals surface area contributed by atoms with Crippen molar-refractivity contribution in [3.05, 3.63) is 65.9 Å². The predicted molar refractivity (Wildman–Crippen MR) is 104 cm³/mol. The largest absolute Gasteiger partial charge is 0.489 e. The minimum Gasteiger partial charge on any atom is -0.489 e. The van der Waals surface area contributed by atoms with Crippen LogP contribution in [0.4, 0.5) is 0 Å². The van der Waals surface area contributed by atoms with Crippen molar-refractivity contribution in [3.8, 4) is 5.75 Å². The summed E-state index contributed by atoms with van der Waals surface area (Å²) in [6.07, 6.45) is -0.301. The fourth-order valence-electron chi connectivity index (χ4n) is 3.59. The molecule has 1 saturated heterocycles. The second kappa shape index (κ2) is 8.04. The first-order valence-electron chi connectivity index (χ1n) is 9.24. The number of likely N-dealkylation sites (tertiary alicyclic amines) is 1. The first kappa shape index (κ1) is 18.5. The Morgan fingerprint density at radius 1 is 1.00 bits per heavy atom. The van der Waals surface area contributed by atoms with Gasteiger partial charge in [0.1, 0.15) is 30.1 Å². The Morgan fingerprint density at radius 2 is 1.64 bits per heavy atom. The Morgan fingerprint density at radius 3 is 2.32 bits per heavy atom. The third-order valence-electron chi connectivity index (χ3n) is 5.13. The molecule has 2 heterocycles. The second-order valence-electron chi connectivity index (χ2n) is 6.77. The third-order valence-corrected chi connectivity index (χ3v) is 5.13. The van der Waals surface area contributed by atoms with Crippen LogP contribution in [0.2, 0.25) is 0 Å². The Hall–Kier alpha value is -2.83. The van der Waals surface area contributed by atoms with Crippen molar-refractivity contribution in [3.63, 3.8) is 0 Å². The zero-order chi connectivity index (χ0) is 19.5. The lowest BCUT2D eigenvalue weighted by Gasteiger charge is -2.15. The van der Waals surface area contributed by atoms with Gasteiger partial charge in [-0.25, -0.2) is 0 Å². The normalized spacial score (nSPS) is 19.3. The highest BCUT2D eigenvalue weighted by atomic mass is 16.5. The van der Waals surface area contributed by atoms with Gasteiger partial charge >= 0.3 is 0 Å². The second-order valence-corrected chi connectivity index (χ2v) is 6.77. The zero-order valence-electron chi connectivity index (χ0n) is 16.0. The van der Waals surface area contributed by atoms with Crippen molar-refractivity contribution < 1.29 is 23.4 Å². The molecule has 1 aliphatic rings. The van der Waals surface area contributed by atoms with E-state index >= 15 is 0 Å². The molecule has 1 aliphatic heterocycles. The van der Waals surface area contributed by atoms with Crippen LogP contribution in [0, 0.1) is 0 Å². The van der Waals surface area contributed by atoms with E-state index in [0.29, 0.717) is 24.4 Å². The predicted octanol–water partition coefficient (Wildman–Crippen LogP) is 3.50. The number of rotatable bonds is 6. The highest BCUT2D eigenvalue weighted by molar-refractivity contribution is 5.99. The molecule has 0 N–H and O–H groups in total. The standard InChI is InChI=1S/C22H23NO5/c1-25-19-12-23(13-20(19)26-2)22(24)21-17(14-27-15-8-4-3-5-9-15)16-10-6-7-11-18(16)28-21/h3-11,19-20H,12-14H2,1-2H3/t19-,20+. The number of amides is 1. The monoisotopic (exact) mass is 381 g/mol. The molecule has 0 spiro atoms. The lowest BCUT2D eigenvalue weighted by Crippen LogP contribution is -2.30. The summed E-state index contributed by atoms with van der Waals surface area (Å²) in [5.41, 5.74) is 1.42. The molecule has 1 fully saturated rings. The first-order chi connectivity index (χ1) is 13.7. The molecular weight excluding hydrogens is 358 g/mol. The van der Waals surface area contributed by atoms with Crippen LogP contribution < -0.4 is 4.74 Å². The maximum absolute atomic E-state index is 13.2. The highest BCUT2D eigenvalue weighted by Crippen LogP contribution is 2.29. The number of nitrogens with zero attached hydrogens (tertiary/aromatic N) is 1. The van der Waals surface area contributed by atoms with Crippen LogP contribution in [0.5, 0.6) is 5.75 Å². The van der Waals surface area contributed by atoms with Crippen molar-refractivity contribution in [1.29, 1.82) is 0 Å². The van der Waals surface area contributed by atoms with Crippen LogP contribution >= 0.6 is 0 Å². The molecule has 0 bridgehead atoms. The first-order valence-corrected chi connectivity index (χ1v) is 9.24. The summed E-state index contributed by atoms with van der Waals surface area (Å²) in [6.45, 7) is 1.17. The van der Waals surface area contributed by atoms with Crippen LogP contribution in [0.3, 0.4) is 0 Å². The third kappa shape index (κ3) is 3.48. The lowest BCUT2D eigenvalue weighted by atomic mass is 10.1. The zero-order valence-corrected chi connectivity index (χ0v) is 16.0. The number of carbonyl (C=O) groups excluding carboxylic acids is 1. The highest BCUT2D eigenvalue weighted by Gasteiger charge is 2.38. The molecule has 0 saturated carbocycles. The molecule has 0 unspecified atom stereocenters. The average Bonchev–Trinajstić information content (AvgIpc) is 3.33. The maximum Gasteiger partial charge on any atom is 0.290 e. The van der Waals surface area contributed by atoms with E-state index in [4.69, 9.17) is 18.6 Å². The summed E-state index contributed by atoms with van der Waals surface area (Å²) in [6, 6.07) is 17.1. The molecule has 3 aromatic rings. The number of furan rings is 1. The fraction of sp³-hybridized carbons (Fsp3) is 0.318. The lowest BCUT2D eigenvalue weighted by molar-refractivity contribution is -0.00461. The van der Waals surface area contributed by atoms with Crippen LogP contribution in [0.25, 0.3) is 11.0 Å². The molecule has 6 nitrogen and oxygen atoms in total. The van der Waals surface area contributed by atoms with Crippen molar-refractivity contribution in [1.82, 2.24) is 4.90 Å². The van der Waals surface area contributed by atoms with E-state index in [0.717, 1.165) is 16.7 Å². The summed E-state index contributed by atoms with van der Waals surface area (Å²) in [7, 11) is 3.26. The van der Waals surface area contributed by atoms with Gasteiger partial charge in [0.2, 0.25) is 0 Å². The summed E-state index contributed by atoms with van der Waals surface area (Å²) in [5.74, 6) is 0.874. The number of para-hydroxylation sites is 2. The molecule has 1 aromatic heterocycles. The average molecular weight is 381 g/mol. The molecule has 146 valence electrons. The molecule has 28 heavy (non-hydrogen) atoms. The molecule has 2 atom stereocenters. The summed E-state index contributed by atoms with van der Waals surface area (Å²) in [4.78, 5) is 15.0. The van der Waals surface area contributed by atoms with Crippen molar-refractivity contribution in [2.75, 3.05) is 27.3 Å². The fourth-order valence-corrected chi connectivity index (χ4v) is 3.59. The molecular formula is C22H23NO5. The van der Waals surface area contributed by atoms with Gasteiger partial charge in [-0.2, -0.15) is 0 Å². The van der Waals surface area contributed by atoms with Gasteiger partial charge in [-0.3, -0.25) is 4.79 Å². The smallest absolute Gasteiger partial charge is 0.290 e. The Bertz CT molecular complexity index is 940. The Kier molecular flexibility index (Phi) is 5.32. The molecule has 2 aromatic carbocycles. The van der Waals surface area contributed by atoms with Crippen LogP contribution in [-0.4, -0.2) is 50.3 Å². The van der Waals surface area contributed by atoms with Crippen LogP contribution in [0.15, 0.2) is 59.0 Å². The van der Waals surface area contributed by atoms with Gasteiger partial charge in [0.15, 0.2) is 5.76 Å². The van der Waals surface area contributed by atoms with Gasteiger partial charge in [-0.15, -0.1) is 0 Å². The quantitative estimate of drug-likeness (QED) is 0.654.